The summed E-state index contributed by atoms with van der Waals surface area (Å²) >= 11 is 0. The van der Waals surface area contributed by atoms with Crippen molar-refractivity contribution < 1.29 is 19.4 Å². The zero-order valence-electron chi connectivity index (χ0n) is 13.5. The van der Waals surface area contributed by atoms with Gasteiger partial charge in [-0.2, -0.15) is 5.26 Å². The molecule has 2 N–H and O–H groups in total. The van der Waals surface area contributed by atoms with Crippen LogP contribution in [0.2, 0.25) is 0 Å². The molecule has 0 aliphatic rings. The largest absolute Gasteiger partial charge is 0.480 e. The fourth-order valence-electron chi connectivity index (χ4n) is 1.63. The maximum atomic E-state index is 11.7. The number of carboxylic acids is 1. The number of carboxylic acid groups (broad SMARTS) is 1. The number of hydrogen-bond donors (Lipinski definition) is 2. The van der Waals surface area contributed by atoms with Gasteiger partial charge in [-0.3, -0.25) is 0 Å². The molecule has 0 aliphatic carbocycles. The van der Waals surface area contributed by atoms with E-state index < -0.39 is 23.7 Å². The van der Waals surface area contributed by atoms with Gasteiger partial charge in [0.1, 0.15) is 11.6 Å². The first kappa shape index (κ1) is 19.7. The Kier molecular flexibility index (Phi) is 8.61. The Labute approximate surface area is 131 Å². The molecule has 0 spiro atoms. The number of ether oxygens (including phenoxy) is 1. The molecule has 0 saturated carbocycles. The molecule has 1 amide bonds. The van der Waals surface area contributed by atoms with Gasteiger partial charge in [-0.25, -0.2) is 9.59 Å². The van der Waals surface area contributed by atoms with Gasteiger partial charge in [0, 0.05) is 6.42 Å². The number of carbonyl (C=O) groups excluding carboxylic acids is 1. The summed E-state index contributed by atoms with van der Waals surface area (Å²) in [6, 6.07) is 0.895. The third-order valence-electron chi connectivity index (χ3n) is 2.44. The van der Waals surface area contributed by atoms with Crippen LogP contribution in [-0.2, 0) is 9.53 Å². The second-order valence-electron chi connectivity index (χ2n) is 5.69. The number of amides is 1. The third kappa shape index (κ3) is 9.59. The quantitative estimate of drug-likeness (QED) is 0.704. The highest BCUT2D eigenvalue weighted by Crippen LogP contribution is 2.12. The van der Waals surface area contributed by atoms with Crippen LogP contribution in [0.3, 0.4) is 0 Å². The van der Waals surface area contributed by atoms with Crippen LogP contribution in [0.1, 0.15) is 47.0 Å². The van der Waals surface area contributed by atoms with Crippen molar-refractivity contribution in [2.24, 2.45) is 0 Å². The minimum Gasteiger partial charge on any atom is -0.480 e. The maximum absolute atomic E-state index is 11.7. The van der Waals surface area contributed by atoms with Gasteiger partial charge < -0.3 is 15.2 Å². The van der Waals surface area contributed by atoms with E-state index in [1.807, 2.05) is 19.1 Å². The van der Waals surface area contributed by atoms with Crippen molar-refractivity contribution in [3.05, 3.63) is 23.8 Å². The second kappa shape index (κ2) is 9.61. The van der Waals surface area contributed by atoms with Gasteiger partial charge in [0.15, 0.2) is 0 Å². The van der Waals surface area contributed by atoms with Crippen LogP contribution in [0, 0.1) is 11.3 Å². The van der Waals surface area contributed by atoms with Gasteiger partial charge >= 0.3 is 12.1 Å². The molecule has 0 aliphatic heterocycles. The van der Waals surface area contributed by atoms with Crippen molar-refractivity contribution in [1.29, 1.82) is 5.26 Å². The Hall–Kier alpha value is -2.29. The average molecular weight is 308 g/mol. The number of carbonyl (C=O) groups is 2. The molecule has 0 aromatic rings. The Bertz CT molecular complexity index is 481. The number of nitrogens with one attached hydrogen (secondary N) is 1. The summed E-state index contributed by atoms with van der Waals surface area (Å²) in [6.07, 6.45) is 5.57. The van der Waals surface area contributed by atoms with Crippen molar-refractivity contribution in [2.75, 3.05) is 0 Å². The van der Waals surface area contributed by atoms with Crippen LogP contribution in [0.15, 0.2) is 23.8 Å². The van der Waals surface area contributed by atoms with E-state index in [0.717, 1.165) is 12.0 Å². The first-order valence-electron chi connectivity index (χ1n) is 7.14. The predicted molar refractivity (Wildman–Crippen MR) is 83.2 cm³/mol. The highest BCUT2D eigenvalue weighted by molar-refractivity contribution is 5.80. The normalized spacial score (nSPS) is 13.5. The number of allylic oxidation sites excluding steroid dienone is 3. The molecule has 6 heteroatoms. The summed E-state index contributed by atoms with van der Waals surface area (Å²) in [5.74, 6) is -1.14. The van der Waals surface area contributed by atoms with Gasteiger partial charge in [-0.15, -0.1) is 0 Å². The lowest BCUT2D eigenvalue weighted by molar-refractivity contribution is -0.139. The van der Waals surface area contributed by atoms with Crippen molar-refractivity contribution in [3.8, 4) is 6.07 Å². The van der Waals surface area contributed by atoms with E-state index in [9.17, 15) is 14.7 Å². The maximum Gasteiger partial charge on any atom is 0.408 e. The summed E-state index contributed by atoms with van der Waals surface area (Å²) < 4.78 is 5.06. The molecule has 6 nitrogen and oxygen atoms in total. The molecular formula is C16H24N2O4. The van der Waals surface area contributed by atoms with E-state index in [2.05, 4.69) is 5.32 Å². The molecule has 0 unspecified atom stereocenters. The molecule has 0 fully saturated rings. The van der Waals surface area contributed by atoms with Crippen LogP contribution < -0.4 is 5.32 Å². The number of alkyl carbamates (subject to hydrolysis) is 1. The lowest BCUT2D eigenvalue weighted by Gasteiger charge is -2.22. The molecule has 0 bridgehead atoms. The standard InChI is InChI=1S/C16H24N2O4/c1-5-8-12(9-6-7-10-17)11-13(14(19)20)18-15(21)22-16(2,3)4/h6,8-9,13H,5,7,11H2,1-4H3,(H,18,21)(H,19,20)/b9-6-,12-8+/t13-/m0/s1. The molecule has 0 rings (SSSR count). The lowest BCUT2D eigenvalue weighted by atomic mass is 10.0. The Morgan fingerprint density at radius 1 is 1.41 bits per heavy atom. The van der Waals surface area contributed by atoms with Crippen LogP contribution >= 0.6 is 0 Å². The number of rotatable bonds is 7. The highest BCUT2D eigenvalue weighted by atomic mass is 16.6. The van der Waals surface area contributed by atoms with Gasteiger partial charge in [0.25, 0.3) is 0 Å². The van der Waals surface area contributed by atoms with Crippen molar-refractivity contribution in [1.82, 2.24) is 5.32 Å². The van der Waals surface area contributed by atoms with Crippen molar-refractivity contribution >= 4 is 12.1 Å². The molecule has 0 saturated heterocycles. The van der Waals surface area contributed by atoms with E-state index in [-0.39, 0.29) is 12.8 Å². The van der Waals surface area contributed by atoms with Crippen LogP contribution in [0.25, 0.3) is 0 Å². The van der Waals surface area contributed by atoms with Gasteiger partial charge in [0.2, 0.25) is 0 Å². The SMILES string of the molecule is CC/C=C(\C=C/CC#N)C[C@H](NC(=O)OC(C)(C)C)C(=O)O. The smallest absolute Gasteiger partial charge is 0.408 e. The number of nitriles is 1. The monoisotopic (exact) mass is 308 g/mol. The summed E-state index contributed by atoms with van der Waals surface area (Å²) in [5.41, 5.74) is 0.0586. The van der Waals surface area contributed by atoms with E-state index in [1.54, 1.807) is 32.9 Å². The number of aliphatic carboxylic acids is 1. The Balaban J connectivity index is 4.87. The lowest BCUT2D eigenvalue weighted by Crippen LogP contribution is -2.43. The second-order valence-corrected chi connectivity index (χ2v) is 5.69. The van der Waals surface area contributed by atoms with Gasteiger partial charge in [-0.1, -0.05) is 25.2 Å². The minimum absolute atomic E-state index is 0.129. The topological polar surface area (TPSA) is 99.4 Å². The van der Waals surface area contributed by atoms with E-state index >= 15 is 0 Å². The Morgan fingerprint density at radius 2 is 2.05 bits per heavy atom. The molecule has 122 valence electrons. The first-order valence-corrected chi connectivity index (χ1v) is 7.14. The first-order chi connectivity index (χ1) is 10.2. The summed E-state index contributed by atoms with van der Waals surface area (Å²) in [6.45, 7) is 7.04. The van der Waals surface area contributed by atoms with Crippen LogP contribution in [0.4, 0.5) is 4.79 Å². The van der Waals surface area contributed by atoms with Crippen molar-refractivity contribution in [3.63, 3.8) is 0 Å². The molecule has 0 aromatic heterocycles. The highest BCUT2D eigenvalue weighted by Gasteiger charge is 2.24. The van der Waals surface area contributed by atoms with Crippen molar-refractivity contribution in [2.45, 2.75) is 58.6 Å². The van der Waals surface area contributed by atoms with E-state index in [4.69, 9.17) is 10.00 Å². The fourth-order valence-corrected chi connectivity index (χ4v) is 1.63. The summed E-state index contributed by atoms with van der Waals surface area (Å²) in [4.78, 5) is 23.0. The fraction of sp³-hybridized carbons (Fsp3) is 0.562. The van der Waals surface area contributed by atoms with Gasteiger partial charge in [-0.05, 0) is 32.8 Å². The van der Waals surface area contributed by atoms with E-state index in [1.165, 1.54) is 0 Å². The molecule has 0 radical (unpaired) electrons. The molecule has 0 aromatic carbocycles. The predicted octanol–water partition coefficient (Wildman–Crippen LogP) is 3.16. The minimum atomic E-state index is -1.14. The zero-order chi connectivity index (χ0) is 17.2. The zero-order valence-corrected chi connectivity index (χ0v) is 13.5. The molecular weight excluding hydrogens is 284 g/mol. The molecule has 0 heterocycles. The van der Waals surface area contributed by atoms with E-state index in [0.29, 0.717) is 0 Å². The molecule has 22 heavy (non-hydrogen) atoms. The Morgan fingerprint density at radius 3 is 2.50 bits per heavy atom. The third-order valence-corrected chi connectivity index (χ3v) is 2.44. The van der Waals surface area contributed by atoms with Gasteiger partial charge in [0.05, 0.1) is 12.5 Å². The summed E-state index contributed by atoms with van der Waals surface area (Å²) in [5, 5.41) is 20.1. The van der Waals surface area contributed by atoms with Crippen LogP contribution in [0.5, 0.6) is 0 Å². The molecule has 1 atom stereocenters. The van der Waals surface area contributed by atoms with Crippen LogP contribution in [-0.4, -0.2) is 28.8 Å². The number of nitrogens with zero attached hydrogens (tertiary/aromatic N) is 1. The number of hydrogen-bond acceptors (Lipinski definition) is 4. The summed E-state index contributed by atoms with van der Waals surface area (Å²) in [7, 11) is 0. The average Bonchev–Trinajstić information content (AvgIpc) is 2.35.